The van der Waals surface area contributed by atoms with Gasteiger partial charge < -0.3 is 20.3 Å². The van der Waals surface area contributed by atoms with Crippen LogP contribution in [0, 0.1) is 11.2 Å². The van der Waals surface area contributed by atoms with E-state index in [2.05, 4.69) is 10.6 Å². The highest BCUT2D eigenvalue weighted by Gasteiger charge is 2.37. The molecule has 3 rings (SSSR count). The van der Waals surface area contributed by atoms with E-state index in [1.807, 2.05) is 20.8 Å². The van der Waals surface area contributed by atoms with Crippen LogP contribution in [0.25, 0.3) is 0 Å². The van der Waals surface area contributed by atoms with Crippen molar-refractivity contribution in [2.24, 2.45) is 5.41 Å². The minimum Gasteiger partial charge on any atom is -0.490 e. The molecule has 0 bridgehead atoms. The summed E-state index contributed by atoms with van der Waals surface area (Å²) in [6.45, 7) is 6.36. The quantitative estimate of drug-likeness (QED) is 0.848. The van der Waals surface area contributed by atoms with E-state index >= 15 is 0 Å². The number of ether oxygens (including phenoxy) is 1. The summed E-state index contributed by atoms with van der Waals surface area (Å²) in [5.41, 5.74) is 0.970. The third-order valence-electron chi connectivity index (χ3n) is 4.34. The molecule has 0 aromatic heterocycles. The highest BCUT2D eigenvalue weighted by molar-refractivity contribution is 6.02. The highest BCUT2D eigenvalue weighted by atomic mass is 19.1. The minimum atomic E-state index is -0.636. The van der Waals surface area contributed by atoms with E-state index in [4.69, 9.17) is 4.74 Å². The summed E-state index contributed by atoms with van der Waals surface area (Å²) < 4.78 is 18.8. The fourth-order valence-electron chi connectivity index (χ4n) is 2.86. The number of hydrogen-bond donors (Lipinski definition) is 2. The molecule has 0 atom stereocenters. The van der Waals surface area contributed by atoms with Gasteiger partial charge in [-0.25, -0.2) is 9.18 Å². The molecule has 1 heterocycles. The lowest BCUT2D eigenvalue weighted by molar-refractivity contribution is -0.127. The molecule has 7 heteroatoms. The number of nitrogens with one attached hydrogen (secondary N) is 2. The number of halogens is 1. The van der Waals surface area contributed by atoms with Gasteiger partial charge in [0, 0.05) is 17.9 Å². The van der Waals surface area contributed by atoms with Crippen molar-refractivity contribution in [2.45, 2.75) is 20.8 Å². The zero-order chi connectivity index (χ0) is 19.6. The molecule has 0 saturated carbocycles. The SMILES string of the molecule is CCN1C(=O)C(C)(C)COc2ccc(NC(=O)Nc3ccc(F)cc3)cc21. The van der Waals surface area contributed by atoms with Gasteiger partial charge in [0.1, 0.15) is 18.2 Å². The zero-order valence-corrected chi connectivity index (χ0v) is 15.5. The number of amides is 3. The number of benzene rings is 2. The van der Waals surface area contributed by atoms with Crippen molar-refractivity contribution in [1.82, 2.24) is 0 Å². The van der Waals surface area contributed by atoms with Gasteiger partial charge in [-0.2, -0.15) is 0 Å². The smallest absolute Gasteiger partial charge is 0.323 e. The van der Waals surface area contributed by atoms with Crippen LogP contribution < -0.4 is 20.3 Å². The summed E-state index contributed by atoms with van der Waals surface area (Å²) >= 11 is 0. The van der Waals surface area contributed by atoms with Gasteiger partial charge in [-0.1, -0.05) is 0 Å². The van der Waals surface area contributed by atoms with Crippen LogP contribution in [0.3, 0.4) is 0 Å². The van der Waals surface area contributed by atoms with E-state index in [0.29, 0.717) is 29.4 Å². The van der Waals surface area contributed by atoms with Crippen molar-refractivity contribution in [3.05, 3.63) is 48.3 Å². The molecule has 2 aromatic carbocycles. The van der Waals surface area contributed by atoms with Gasteiger partial charge in [-0.3, -0.25) is 4.79 Å². The Morgan fingerprint density at radius 1 is 1.15 bits per heavy atom. The van der Waals surface area contributed by atoms with Crippen LogP contribution in [0.1, 0.15) is 20.8 Å². The maximum atomic E-state index is 12.9. The summed E-state index contributed by atoms with van der Waals surface area (Å²) in [6.07, 6.45) is 0. The molecule has 0 unspecified atom stereocenters. The van der Waals surface area contributed by atoms with Crippen LogP contribution in [-0.2, 0) is 4.79 Å². The number of urea groups is 1. The van der Waals surface area contributed by atoms with Gasteiger partial charge in [0.15, 0.2) is 0 Å². The second kappa shape index (κ2) is 7.26. The van der Waals surface area contributed by atoms with E-state index < -0.39 is 11.4 Å². The Hall–Kier alpha value is -3.09. The largest absolute Gasteiger partial charge is 0.490 e. The Balaban J connectivity index is 1.80. The predicted octanol–water partition coefficient (Wildman–Crippen LogP) is 4.24. The molecular weight excluding hydrogens is 349 g/mol. The topological polar surface area (TPSA) is 70.7 Å². The summed E-state index contributed by atoms with van der Waals surface area (Å²) in [7, 11) is 0. The Kier molecular flexibility index (Phi) is 5.03. The van der Waals surface area contributed by atoms with E-state index in [0.717, 1.165) is 0 Å². The maximum Gasteiger partial charge on any atom is 0.323 e. The van der Waals surface area contributed by atoms with Crippen LogP contribution in [0.15, 0.2) is 42.5 Å². The molecule has 1 aliphatic rings. The van der Waals surface area contributed by atoms with Crippen LogP contribution in [0.5, 0.6) is 5.75 Å². The molecule has 6 nitrogen and oxygen atoms in total. The van der Waals surface area contributed by atoms with Gasteiger partial charge in [-0.15, -0.1) is 0 Å². The summed E-state index contributed by atoms with van der Waals surface area (Å²) in [6, 6.07) is 10.2. The molecule has 0 radical (unpaired) electrons. The van der Waals surface area contributed by atoms with E-state index in [1.54, 1.807) is 23.1 Å². The molecule has 142 valence electrons. The average molecular weight is 371 g/mol. The van der Waals surface area contributed by atoms with Crippen LogP contribution in [0.2, 0.25) is 0 Å². The molecule has 2 aromatic rings. The number of carbonyl (C=O) groups is 2. The summed E-state index contributed by atoms with van der Waals surface area (Å²) in [5.74, 6) is 0.191. The first-order valence-corrected chi connectivity index (χ1v) is 8.72. The number of anilines is 3. The fourth-order valence-corrected chi connectivity index (χ4v) is 2.86. The Bertz CT molecular complexity index is 865. The molecule has 3 amide bonds. The average Bonchev–Trinajstić information content (AvgIpc) is 2.72. The first-order chi connectivity index (χ1) is 12.8. The zero-order valence-electron chi connectivity index (χ0n) is 15.5. The molecule has 27 heavy (non-hydrogen) atoms. The van der Waals surface area contributed by atoms with Crippen molar-refractivity contribution < 1.29 is 18.7 Å². The monoisotopic (exact) mass is 371 g/mol. The first kappa shape index (κ1) is 18.7. The number of rotatable bonds is 3. The van der Waals surface area contributed by atoms with Crippen molar-refractivity contribution in [3.8, 4) is 5.75 Å². The highest BCUT2D eigenvalue weighted by Crippen LogP contribution is 2.38. The molecule has 2 N–H and O–H groups in total. The first-order valence-electron chi connectivity index (χ1n) is 8.72. The van der Waals surface area contributed by atoms with Crippen LogP contribution in [-0.4, -0.2) is 25.1 Å². The third kappa shape index (κ3) is 4.02. The molecule has 0 saturated heterocycles. The lowest BCUT2D eigenvalue weighted by Gasteiger charge is -2.27. The standard InChI is InChI=1S/C20H22FN3O3/c1-4-24-16-11-15(9-10-17(16)27-12-20(2,3)18(24)25)23-19(26)22-14-7-5-13(21)6-8-14/h5-11H,4,12H2,1-3H3,(H2,22,23,26). The number of hydrogen-bond acceptors (Lipinski definition) is 3. The van der Waals surface area contributed by atoms with E-state index in [-0.39, 0.29) is 18.3 Å². The minimum absolute atomic E-state index is 0.0309. The molecule has 0 spiro atoms. The number of carbonyl (C=O) groups excluding carboxylic acids is 2. The lowest BCUT2D eigenvalue weighted by Crippen LogP contribution is -2.42. The van der Waals surface area contributed by atoms with E-state index in [1.165, 1.54) is 24.3 Å². The van der Waals surface area contributed by atoms with Crippen molar-refractivity contribution in [2.75, 3.05) is 28.7 Å². The second-order valence-electron chi connectivity index (χ2n) is 6.99. The van der Waals surface area contributed by atoms with Gasteiger partial charge >= 0.3 is 6.03 Å². The molecule has 1 aliphatic heterocycles. The third-order valence-corrected chi connectivity index (χ3v) is 4.34. The normalized spacial score (nSPS) is 15.4. The Labute approximate surface area is 157 Å². The van der Waals surface area contributed by atoms with Crippen LogP contribution in [0.4, 0.5) is 26.2 Å². The van der Waals surface area contributed by atoms with Gasteiger partial charge in [0.05, 0.1) is 11.1 Å². The summed E-state index contributed by atoms with van der Waals surface area (Å²) in [5, 5.41) is 5.35. The lowest BCUT2D eigenvalue weighted by atomic mass is 9.93. The molecular formula is C20H22FN3O3. The van der Waals surface area contributed by atoms with Gasteiger partial charge in [0.25, 0.3) is 0 Å². The number of fused-ring (bicyclic) bond motifs is 1. The maximum absolute atomic E-state index is 12.9. The summed E-state index contributed by atoms with van der Waals surface area (Å²) in [4.78, 5) is 26.6. The van der Waals surface area contributed by atoms with E-state index in [9.17, 15) is 14.0 Å². The van der Waals surface area contributed by atoms with Gasteiger partial charge in [-0.05, 0) is 63.2 Å². The second-order valence-corrected chi connectivity index (χ2v) is 6.99. The van der Waals surface area contributed by atoms with Crippen molar-refractivity contribution in [1.29, 1.82) is 0 Å². The predicted molar refractivity (Wildman–Crippen MR) is 103 cm³/mol. The van der Waals surface area contributed by atoms with Gasteiger partial charge in [0.2, 0.25) is 5.91 Å². The number of nitrogens with zero attached hydrogens (tertiary/aromatic N) is 1. The van der Waals surface area contributed by atoms with Crippen molar-refractivity contribution in [3.63, 3.8) is 0 Å². The van der Waals surface area contributed by atoms with Crippen LogP contribution >= 0.6 is 0 Å². The Morgan fingerprint density at radius 3 is 2.44 bits per heavy atom. The molecule has 0 fully saturated rings. The Morgan fingerprint density at radius 2 is 1.78 bits per heavy atom. The fraction of sp³-hybridized carbons (Fsp3) is 0.300. The van der Waals surface area contributed by atoms with Crippen molar-refractivity contribution >= 4 is 29.0 Å². The molecule has 0 aliphatic carbocycles.